The molecule has 1 saturated heterocycles. The molecular weight excluding hydrogens is 414 g/mol. The van der Waals surface area contributed by atoms with Crippen molar-refractivity contribution in [2.24, 2.45) is 5.73 Å². The Hall–Kier alpha value is -0.393. The maximum Gasteiger partial charge on any atom is 0.303 e. The fraction of sp³-hybridized carbons (Fsp3) is 0.963. The first-order valence-corrected chi connectivity index (χ1v) is 17.1. The lowest BCUT2D eigenvalue weighted by atomic mass is 10.0. The molecule has 0 radical (unpaired) electrons. The normalized spacial score (nSPS) is 18.6. The zero-order chi connectivity index (χ0) is 24.1. The first kappa shape index (κ1) is 31.6. The molecule has 32 heavy (non-hydrogen) atoms. The Morgan fingerprint density at radius 1 is 0.875 bits per heavy atom. The minimum absolute atomic E-state index is 0.261. The molecule has 3 N–H and O–H groups in total. The van der Waals surface area contributed by atoms with Crippen LogP contribution >= 0.6 is 0 Å². The monoisotopic (exact) mass is 471 g/mol. The van der Waals surface area contributed by atoms with Crippen LogP contribution in [0.1, 0.15) is 136 Å². The topological polar surface area (TPSA) is 72.5 Å². The summed E-state index contributed by atoms with van der Waals surface area (Å²) in [6.45, 7) is 8.99. The maximum atomic E-state index is 10.3. The number of aliphatic carboxylic acids is 1. The Morgan fingerprint density at radius 3 is 1.69 bits per heavy atom. The van der Waals surface area contributed by atoms with Gasteiger partial charge in [-0.3, -0.25) is 4.79 Å². The minimum atomic E-state index is -1.31. The van der Waals surface area contributed by atoms with E-state index >= 15 is 0 Å². The average Bonchev–Trinajstić information content (AvgIpc) is 2.75. The zero-order valence-corrected chi connectivity index (χ0v) is 23.1. The molecule has 5 heteroatoms. The van der Waals surface area contributed by atoms with Crippen LogP contribution in [0.25, 0.3) is 0 Å². The molecule has 0 amide bonds. The third-order valence-corrected chi connectivity index (χ3v) is 9.18. The fourth-order valence-corrected chi connectivity index (χ4v) is 6.75. The fourth-order valence-electron chi connectivity index (χ4n) is 4.47. The molecule has 0 aromatic carbocycles. The van der Waals surface area contributed by atoms with Crippen LogP contribution in [0.15, 0.2) is 0 Å². The Labute approximate surface area is 201 Å². The molecular formula is C27H57NO3Si. The van der Waals surface area contributed by atoms with Crippen molar-refractivity contribution >= 4 is 14.3 Å². The second-order valence-corrected chi connectivity index (χ2v) is 14.7. The lowest BCUT2D eigenvalue weighted by molar-refractivity contribution is -0.137. The number of rotatable bonds is 18. The van der Waals surface area contributed by atoms with Crippen LogP contribution in [0.5, 0.6) is 0 Å². The molecule has 0 bridgehead atoms. The predicted octanol–water partition coefficient (Wildman–Crippen LogP) is 8.44. The summed E-state index contributed by atoms with van der Waals surface area (Å²) in [6.07, 6.45) is 24.1. The highest BCUT2D eigenvalue weighted by Crippen LogP contribution is 2.27. The maximum absolute atomic E-state index is 10.3. The zero-order valence-electron chi connectivity index (χ0n) is 22.1. The summed E-state index contributed by atoms with van der Waals surface area (Å²) in [7, 11) is -1.31. The van der Waals surface area contributed by atoms with Gasteiger partial charge in [-0.25, -0.2) is 0 Å². The molecule has 0 aromatic heterocycles. The second-order valence-electron chi connectivity index (χ2n) is 10.5. The Morgan fingerprint density at radius 2 is 1.31 bits per heavy atom. The standard InChI is InChI=1S/C18H36O2.C9H21NOSi/c1-2-3-4-5-6-7-8-9-10-11-12-13-14-15-16-17-18(19)20;1-4-8(10)9-6-5-7-12(2,3)11-9/h2-17H2,1H3,(H,19,20);8-9H,4-7,10H2,1-3H3. The van der Waals surface area contributed by atoms with Crippen LogP contribution in [0.2, 0.25) is 19.1 Å². The molecule has 0 aliphatic carbocycles. The highest BCUT2D eigenvalue weighted by atomic mass is 28.4. The average molecular weight is 472 g/mol. The summed E-state index contributed by atoms with van der Waals surface area (Å²) >= 11 is 0. The van der Waals surface area contributed by atoms with Gasteiger partial charge in [0.1, 0.15) is 0 Å². The van der Waals surface area contributed by atoms with Gasteiger partial charge in [0.25, 0.3) is 0 Å². The van der Waals surface area contributed by atoms with E-state index in [1.807, 2.05) is 0 Å². The van der Waals surface area contributed by atoms with Crippen molar-refractivity contribution < 1.29 is 14.3 Å². The van der Waals surface area contributed by atoms with Crippen LogP contribution in [0.3, 0.4) is 0 Å². The van der Waals surface area contributed by atoms with Crippen LogP contribution < -0.4 is 5.73 Å². The number of nitrogens with two attached hydrogens (primary N) is 1. The van der Waals surface area contributed by atoms with E-state index < -0.39 is 14.3 Å². The number of hydrogen-bond acceptors (Lipinski definition) is 3. The SMILES string of the molecule is CCC(N)C1CCC[Si](C)(C)O1.CCCCCCCCCCCCCCCCCC(=O)O. The molecule has 4 nitrogen and oxygen atoms in total. The van der Waals surface area contributed by atoms with Crippen molar-refractivity contribution in [1.82, 2.24) is 0 Å². The predicted molar refractivity (Wildman–Crippen MR) is 142 cm³/mol. The first-order valence-electron chi connectivity index (χ1n) is 14.0. The Bertz CT molecular complexity index is 431. The third-order valence-electron chi connectivity index (χ3n) is 6.68. The number of carboxylic acid groups (broad SMARTS) is 1. The number of carboxylic acids is 1. The van der Waals surface area contributed by atoms with E-state index in [2.05, 4.69) is 26.9 Å². The van der Waals surface area contributed by atoms with Crippen LogP contribution in [-0.4, -0.2) is 31.5 Å². The quantitative estimate of drug-likeness (QED) is 0.155. The number of unbranched alkanes of at least 4 members (excludes halogenated alkanes) is 14. The molecule has 2 unspecified atom stereocenters. The van der Waals surface area contributed by atoms with Crippen LogP contribution in [-0.2, 0) is 9.22 Å². The molecule has 0 spiro atoms. The van der Waals surface area contributed by atoms with E-state index in [-0.39, 0.29) is 6.04 Å². The van der Waals surface area contributed by atoms with E-state index in [0.717, 1.165) is 19.3 Å². The van der Waals surface area contributed by atoms with Gasteiger partial charge < -0.3 is 15.3 Å². The van der Waals surface area contributed by atoms with E-state index in [4.69, 9.17) is 15.3 Å². The first-order chi connectivity index (χ1) is 15.3. The number of hydrogen-bond donors (Lipinski definition) is 2. The van der Waals surface area contributed by atoms with Gasteiger partial charge in [0.2, 0.25) is 0 Å². The summed E-state index contributed by atoms with van der Waals surface area (Å²) in [5.74, 6) is -0.653. The molecule has 192 valence electrons. The van der Waals surface area contributed by atoms with Crippen molar-refractivity contribution in [3.05, 3.63) is 0 Å². The molecule has 0 saturated carbocycles. The third kappa shape index (κ3) is 20.2. The smallest absolute Gasteiger partial charge is 0.303 e. The number of carbonyl (C=O) groups is 1. The molecule has 1 heterocycles. The second kappa shape index (κ2) is 21.2. The molecule has 1 fully saturated rings. The van der Waals surface area contributed by atoms with E-state index in [1.54, 1.807) is 0 Å². The summed E-state index contributed by atoms with van der Waals surface area (Å²) < 4.78 is 6.04. The van der Waals surface area contributed by atoms with E-state index in [0.29, 0.717) is 12.5 Å². The summed E-state index contributed by atoms with van der Waals surface area (Å²) in [5.41, 5.74) is 5.97. The highest BCUT2D eigenvalue weighted by molar-refractivity contribution is 6.71. The largest absolute Gasteiger partial charge is 0.481 e. The van der Waals surface area contributed by atoms with Gasteiger partial charge in [-0.2, -0.15) is 0 Å². The van der Waals surface area contributed by atoms with Crippen molar-refractivity contribution in [1.29, 1.82) is 0 Å². The van der Waals surface area contributed by atoms with Gasteiger partial charge >= 0.3 is 5.97 Å². The van der Waals surface area contributed by atoms with Gasteiger partial charge in [0.15, 0.2) is 8.32 Å². The summed E-state index contributed by atoms with van der Waals surface area (Å²) in [5, 5.41) is 8.52. The van der Waals surface area contributed by atoms with E-state index in [1.165, 1.54) is 102 Å². The van der Waals surface area contributed by atoms with Crippen LogP contribution in [0, 0.1) is 0 Å². The Kier molecular flexibility index (Phi) is 20.9. The lowest BCUT2D eigenvalue weighted by Gasteiger charge is -2.37. The van der Waals surface area contributed by atoms with Gasteiger partial charge in [0.05, 0.1) is 6.10 Å². The summed E-state index contributed by atoms with van der Waals surface area (Å²) in [6, 6.07) is 1.57. The van der Waals surface area contributed by atoms with Crippen molar-refractivity contribution in [2.75, 3.05) is 0 Å². The molecule has 2 atom stereocenters. The van der Waals surface area contributed by atoms with E-state index in [9.17, 15) is 4.79 Å². The molecule has 1 rings (SSSR count). The molecule has 1 aliphatic rings. The molecule has 1 aliphatic heterocycles. The van der Waals surface area contributed by atoms with Gasteiger partial charge in [-0.05, 0) is 38.4 Å². The van der Waals surface area contributed by atoms with Crippen LogP contribution in [0.4, 0.5) is 0 Å². The lowest BCUT2D eigenvalue weighted by Crippen LogP contribution is -2.47. The van der Waals surface area contributed by atoms with Gasteiger partial charge in [0, 0.05) is 12.5 Å². The Balaban J connectivity index is 0.000000677. The van der Waals surface area contributed by atoms with Crippen molar-refractivity contribution in [3.8, 4) is 0 Å². The minimum Gasteiger partial charge on any atom is -0.481 e. The van der Waals surface area contributed by atoms with Gasteiger partial charge in [-0.1, -0.05) is 110 Å². The van der Waals surface area contributed by atoms with Crippen molar-refractivity contribution in [2.45, 2.75) is 167 Å². The molecule has 0 aromatic rings. The summed E-state index contributed by atoms with van der Waals surface area (Å²) in [4.78, 5) is 10.3. The highest BCUT2D eigenvalue weighted by Gasteiger charge is 2.33. The van der Waals surface area contributed by atoms with Gasteiger partial charge in [-0.15, -0.1) is 0 Å². The van der Waals surface area contributed by atoms with Crippen molar-refractivity contribution in [3.63, 3.8) is 0 Å².